The fourth-order valence-corrected chi connectivity index (χ4v) is 2.33. The number of ether oxygens (including phenoxy) is 1. The van der Waals surface area contributed by atoms with Crippen molar-refractivity contribution < 1.29 is 14.4 Å². The minimum absolute atomic E-state index is 0.229. The Balaban J connectivity index is 1.80. The van der Waals surface area contributed by atoms with Gasteiger partial charge in [-0.3, -0.25) is 4.98 Å². The molecule has 0 saturated heterocycles. The standard InChI is InChI=1S/C18H18N4O3/c1-24-18(23)20-9-10-25-22-17(13-5-3-2-4-6-13)15-11-14-7-8-19-12-16(14)21-15/h2-8,11-12,21H,9-10H2,1H3,(H,20,23). The summed E-state index contributed by atoms with van der Waals surface area (Å²) in [6.07, 6.45) is 3.01. The number of nitrogens with zero attached hydrogens (tertiary/aromatic N) is 2. The number of nitrogens with one attached hydrogen (secondary N) is 2. The van der Waals surface area contributed by atoms with E-state index >= 15 is 0 Å². The molecule has 2 heterocycles. The lowest BCUT2D eigenvalue weighted by molar-refractivity contribution is 0.136. The lowest BCUT2D eigenvalue weighted by atomic mass is 10.1. The number of fused-ring (bicyclic) bond motifs is 1. The number of benzene rings is 1. The second-order valence-corrected chi connectivity index (χ2v) is 5.20. The fourth-order valence-electron chi connectivity index (χ4n) is 2.33. The molecule has 3 rings (SSSR count). The highest BCUT2D eigenvalue weighted by atomic mass is 16.6. The largest absolute Gasteiger partial charge is 0.453 e. The molecule has 0 fully saturated rings. The normalized spacial score (nSPS) is 11.3. The zero-order chi connectivity index (χ0) is 17.5. The third-order valence-corrected chi connectivity index (χ3v) is 3.53. The van der Waals surface area contributed by atoms with Crippen LogP contribution in [0.4, 0.5) is 4.79 Å². The van der Waals surface area contributed by atoms with Gasteiger partial charge in [0.15, 0.2) is 0 Å². The van der Waals surface area contributed by atoms with Crippen LogP contribution in [0.3, 0.4) is 0 Å². The summed E-state index contributed by atoms with van der Waals surface area (Å²) in [5, 5.41) is 7.83. The lowest BCUT2D eigenvalue weighted by Crippen LogP contribution is -2.26. The molecular formula is C18H18N4O3. The van der Waals surface area contributed by atoms with Gasteiger partial charge in [0, 0.05) is 17.1 Å². The van der Waals surface area contributed by atoms with Crippen molar-refractivity contribution >= 4 is 22.7 Å². The number of methoxy groups -OCH3 is 1. The quantitative estimate of drug-likeness (QED) is 0.411. The third-order valence-electron chi connectivity index (χ3n) is 3.53. The minimum atomic E-state index is -0.501. The van der Waals surface area contributed by atoms with E-state index in [-0.39, 0.29) is 6.61 Å². The van der Waals surface area contributed by atoms with Crippen LogP contribution >= 0.6 is 0 Å². The molecule has 0 aliphatic heterocycles. The summed E-state index contributed by atoms with van der Waals surface area (Å²) < 4.78 is 4.50. The maximum Gasteiger partial charge on any atom is 0.406 e. The average molecular weight is 338 g/mol. The zero-order valence-electron chi connectivity index (χ0n) is 13.7. The van der Waals surface area contributed by atoms with Crippen LogP contribution in [0.2, 0.25) is 0 Å². The second-order valence-electron chi connectivity index (χ2n) is 5.20. The Morgan fingerprint density at radius 3 is 2.88 bits per heavy atom. The highest BCUT2D eigenvalue weighted by molar-refractivity contribution is 6.13. The van der Waals surface area contributed by atoms with Gasteiger partial charge in [0.05, 0.1) is 31.1 Å². The monoisotopic (exact) mass is 338 g/mol. The van der Waals surface area contributed by atoms with Crippen molar-refractivity contribution in [1.29, 1.82) is 0 Å². The van der Waals surface area contributed by atoms with E-state index in [1.54, 1.807) is 12.4 Å². The second kappa shape index (κ2) is 7.96. The highest BCUT2D eigenvalue weighted by Crippen LogP contribution is 2.17. The number of alkyl carbamates (subject to hydrolysis) is 1. The molecule has 0 bridgehead atoms. The fraction of sp³-hybridized carbons (Fsp3) is 0.167. The van der Waals surface area contributed by atoms with E-state index in [9.17, 15) is 4.79 Å². The Bertz CT molecular complexity index is 841. The first-order chi connectivity index (χ1) is 12.3. The van der Waals surface area contributed by atoms with E-state index in [4.69, 9.17) is 4.84 Å². The Labute approximate surface area is 144 Å². The molecule has 3 aromatic rings. The van der Waals surface area contributed by atoms with E-state index < -0.39 is 6.09 Å². The van der Waals surface area contributed by atoms with E-state index in [2.05, 4.69) is 25.2 Å². The molecule has 0 atom stereocenters. The molecule has 0 radical (unpaired) electrons. The van der Waals surface area contributed by atoms with Gasteiger partial charge in [-0.2, -0.15) is 0 Å². The number of hydrogen-bond acceptors (Lipinski definition) is 5. The number of hydrogen-bond donors (Lipinski definition) is 2. The van der Waals surface area contributed by atoms with Crippen LogP contribution in [0.5, 0.6) is 0 Å². The van der Waals surface area contributed by atoms with Crippen LogP contribution in [-0.2, 0) is 9.57 Å². The van der Waals surface area contributed by atoms with Gasteiger partial charge in [0.2, 0.25) is 0 Å². The van der Waals surface area contributed by atoms with Crippen molar-refractivity contribution in [2.24, 2.45) is 5.16 Å². The first-order valence-electron chi connectivity index (χ1n) is 7.78. The number of pyridine rings is 1. The molecule has 0 aliphatic rings. The topological polar surface area (TPSA) is 88.6 Å². The van der Waals surface area contributed by atoms with Crippen molar-refractivity contribution in [1.82, 2.24) is 15.3 Å². The number of carbonyl (C=O) groups is 1. The summed E-state index contributed by atoms with van der Waals surface area (Å²) in [6.45, 7) is 0.530. The van der Waals surface area contributed by atoms with Crippen LogP contribution in [0.25, 0.3) is 10.9 Å². The number of aromatic amines is 1. The number of aromatic nitrogens is 2. The molecule has 1 amide bonds. The predicted molar refractivity (Wildman–Crippen MR) is 94.5 cm³/mol. The Kier molecular flexibility index (Phi) is 5.26. The number of amides is 1. The van der Waals surface area contributed by atoms with E-state index in [0.29, 0.717) is 12.3 Å². The smallest absolute Gasteiger partial charge is 0.406 e. The SMILES string of the molecule is COC(=O)NCCON=C(c1ccccc1)c1cc2ccncc2[nH]1. The van der Waals surface area contributed by atoms with Gasteiger partial charge >= 0.3 is 6.09 Å². The van der Waals surface area contributed by atoms with E-state index in [1.807, 2.05) is 42.5 Å². The van der Waals surface area contributed by atoms with Crippen LogP contribution in [0.1, 0.15) is 11.3 Å². The van der Waals surface area contributed by atoms with Crippen molar-refractivity contribution in [2.75, 3.05) is 20.3 Å². The molecule has 2 aromatic heterocycles. The third kappa shape index (κ3) is 4.14. The molecule has 25 heavy (non-hydrogen) atoms. The van der Waals surface area contributed by atoms with Crippen molar-refractivity contribution in [3.05, 3.63) is 66.1 Å². The summed E-state index contributed by atoms with van der Waals surface area (Å²) in [5.41, 5.74) is 3.35. The number of rotatable bonds is 6. The lowest BCUT2D eigenvalue weighted by Gasteiger charge is -2.06. The van der Waals surface area contributed by atoms with Crippen LogP contribution in [-0.4, -0.2) is 42.0 Å². The zero-order valence-corrected chi connectivity index (χ0v) is 13.7. The van der Waals surface area contributed by atoms with Gasteiger partial charge in [-0.1, -0.05) is 35.5 Å². The molecule has 0 saturated carbocycles. The van der Waals surface area contributed by atoms with Gasteiger partial charge in [-0.25, -0.2) is 4.79 Å². The molecular weight excluding hydrogens is 320 g/mol. The first kappa shape index (κ1) is 16.5. The maximum absolute atomic E-state index is 11.0. The highest BCUT2D eigenvalue weighted by Gasteiger charge is 2.11. The van der Waals surface area contributed by atoms with Gasteiger partial charge in [-0.15, -0.1) is 0 Å². The molecule has 2 N–H and O–H groups in total. The minimum Gasteiger partial charge on any atom is -0.453 e. The number of oxime groups is 1. The molecule has 1 aromatic carbocycles. The van der Waals surface area contributed by atoms with Crippen LogP contribution in [0, 0.1) is 0 Å². The van der Waals surface area contributed by atoms with Gasteiger partial charge in [0.1, 0.15) is 12.3 Å². The summed E-state index contributed by atoms with van der Waals surface area (Å²) >= 11 is 0. The Morgan fingerprint density at radius 1 is 1.28 bits per heavy atom. The average Bonchev–Trinajstić information content (AvgIpc) is 3.08. The Morgan fingerprint density at radius 2 is 2.12 bits per heavy atom. The van der Waals surface area contributed by atoms with Gasteiger partial charge in [-0.05, 0) is 12.1 Å². The molecule has 7 heteroatoms. The van der Waals surface area contributed by atoms with Crippen molar-refractivity contribution in [3.8, 4) is 0 Å². The molecule has 0 aliphatic carbocycles. The maximum atomic E-state index is 11.0. The number of carbonyl (C=O) groups excluding carboxylic acids is 1. The summed E-state index contributed by atoms with van der Waals surface area (Å²) in [5.74, 6) is 0. The molecule has 7 nitrogen and oxygen atoms in total. The van der Waals surface area contributed by atoms with Crippen LogP contribution in [0.15, 0.2) is 60.0 Å². The van der Waals surface area contributed by atoms with Gasteiger partial charge < -0.3 is 19.9 Å². The van der Waals surface area contributed by atoms with Crippen LogP contribution < -0.4 is 5.32 Å². The number of H-pyrrole nitrogens is 1. The summed E-state index contributed by atoms with van der Waals surface area (Å²) in [6, 6.07) is 13.7. The molecule has 0 spiro atoms. The van der Waals surface area contributed by atoms with Crippen molar-refractivity contribution in [2.45, 2.75) is 0 Å². The van der Waals surface area contributed by atoms with E-state index in [0.717, 1.165) is 22.2 Å². The summed E-state index contributed by atoms with van der Waals surface area (Å²) in [4.78, 5) is 23.8. The first-order valence-corrected chi connectivity index (χ1v) is 7.78. The summed E-state index contributed by atoms with van der Waals surface area (Å²) in [7, 11) is 1.31. The van der Waals surface area contributed by atoms with Crippen molar-refractivity contribution in [3.63, 3.8) is 0 Å². The Hall–Kier alpha value is -3.35. The van der Waals surface area contributed by atoms with Gasteiger partial charge in [0.25, 0.3) is 0 Å². The molecule has 0 unspecified atom stereocenters. The predicted octanol–water partition coefficient (Wildman–Crippen LogP) is 2.69. The molecule has 128 valence electrons. The van der Waals surface area contributed by atoms with E-state index in [1.165, 1.54) is 7.11 Å².